The third-order valence-electron chi connectivity index (χ3n) is 5.03. The SMILES string of the molecule is COC(=O)Nc1nc(-c2ccccc2)c(NC(=O)C(C)Oc2cccc3c2OC(C)(C)C3)s1. The van der Waals surface area contributed by atoms with Crippen LogP contribution in [-0.2, 0) is 16.0 Å². The molecule has 0 bridgehead atoms. The van der Waals surface area contributed by atoms with E-state index in [4.69, 9.17) is 9.47 Å². The molecule has 1 atom stereocenters. The summed E-state index contributed by atoms with van der Waals surface area (Å²) in [5.41, 5.74) is 2.08. The molecule has 172 valence electrons. The Labute approximate surface area is 195 Å². The molecule has 1 aromatic heterocycles. The van der Waals surface area contributed by atoms with Gasteiger partial charge in [0.25, 0.3) is 5.91 Å². The van der Waals surface area contributed by atoms with Gasteiger partial charge in [0.05, 0.1) is 7.11 Å². The molecule has 0 radical (unpaired) electrons. The Bertz CT molecular complexity index is 1180. The number of nitrogens with one attached hydrogen (secondary N) is 2. The van der Waals surface area contributed by atoms with Crippen molar-refractivity contribution < 1.29 is 23.8 Å². The average Bonchev–Trinajstić information content (AvgIpc) is 3.33. The number of anilines is 2. The molecule has 33 heavy (non-hydrogen) atoms. The highest BCUT2D eigenvalue weighted by molar-refractivity contribution is 7.20. The number of hydrogen-bond acceptors (Lipinski definition) is 7. The van der Waals surface area contributed by atoms with E-state index in [2.05, 4.69) is 20.4 Å². The molecule has 8 nitrogen and oxygen atoms in total. The van der Waals surface area contributed by atoms with Crippen molar-refractivity contribution in [1.82, 2.24) is 4.98 Å². The second-order valence-corrected chi connectivity index (χ2v) is 9.21. The number of benzene rings is 2. The van der Waals surface area contributed by atoms with Gasteiger partial charge in [-0.05, 0) is 26.8 Å². The number of hydrogen-bond donors (Lipinski definition) is 2. The highest BCUT2D eigenvalue weighted by Gasteiger charge is 2.33. The van der Waals surface area contributed by atoms with E-state index in [1.807, 2.05) is 56.3 Å². The third kappa shape index (κ3) is 5.09. The summed E-state index contributed by atoms with van der Waals surface area (Å²) in [7, 11) is 1.27. The van der Waals surface area contributed by atoms with Gasteiger partial charge in [-0.2, -0.15) is 0 Å². The molecule has 2 N–H and O–H groups in total. The van der Waals surface area contributed by atoms with E-state index >= 15 is 0 Å². The van der Waals surface area contributed by atoms with Crippen LogP contribution in [-0.4, -0.2) is 35.8 Å². The summed E-state index contributed by atoms with van der Waals surface area (Å²) in [6.45, 7) is 5.70. The van der Waals surface area contributed by atoms with Gasteiger partial charge in [0.2, 0.25) is 0 Å². The predicted octanol–water partition coefficient (Wildman–Crippen LogP) is 5.11. The van der Waals surface area contributed by atoms with Crippen molar-refractivity contribution in [1.29, 1.82) is 0 Å². The van der Waals surface area contributed by atoms with Gasteiger partial charge in [-0.25, -0.2) is 9.78 Å². The number of nitrogens with zero attached hydrogens (tertiary/aromatic N) is 1. The Morgan fingerprint density at radius 3 is 2.61 bits per heavy atom. The molecule has 0 saturated heterocycles. The number of rotatable bonds is 6. The molecule has 0 saturated carbocycles. The topological polar surface area (TPSA) is 98.8 Å². The molecule has 0 fully saturated rings. The molecule has 1 unspecified atom stereocenters. The zero-order chi connectivity index (χ0) is 23.6. The summed E-state index contributed by atoms with van der Waals surface area (Å²) in [5.74, 6) is 0.853. The molecule has 2 aromatic carbocycles. The van der Waals surface area contributed by atoms with Crippen LogP contribution in [0, 0.1) is 0 Å². The number of thiazole rings is 1. The maximum Gasteiger partial charge on any atom is 0.413 e. The van der Waals surface area contributed by atoms with Gasteiger partial charge in [-0.15, -0.1) is 0 Å². The Hall–Kier alpha value is -3.59. The minimum atomic E-state index is -0.799. The quantitative estimate of drug-likeness (QED) is 0.523. The summed E-state index contributed by atoms with van der Waals surface area (Å²) in [6.07, 6.45) is -0.664. The van der Waals surface area contributed by atoms with Gasteiger partial charge < -0.3 is 19.5 Å². The lowest BCUT2D eigenvalue weighted by atomic mass is 10.0. The second kappa shape index (κ2) is 9.11. The van der Waals surface area contributed by atoms with Crippen LogP contribution in [0.15, 0.2) is 48.5 Å². The first-order valence-corrected chi connectivity index (χ1v) is 11.3. The summed E-state index contributed by atoms with van der Waals surface area (Å²) in [5, 5.41) is 6.23. The Balaban J connectivity index is 1.54. The number of methoxy groups -OCH3 is 1. The summed E-state index contributed by atoms with van der Waals surface area (Å²) < 4.78 is 16.7. The van der Waals surface area contributed by atoms with Crippen LogP contribution in [0.1, 0.15) is 26.3 Å². The number of aromatic nitrogens is 1. The predicted molar refractivity (Wildman–Crippen MR) is 127 cm³/mol. The van der Waals surface area contributed by atoms with E-state index < -0.39 is 12.2 Å². The number of amides is 2. The summed E-state index contributed by atoms with van der Waals surface area (Å²) >= 11 is 1.13. The number of fused-ring (bicyclic) bond motifs is 1. The number of ether oxygens (including phenoxy) is 3. The molecule has 2 heterocycles. The number of carbonyl (C=O) groups is 2. The molecule has 4 rings (SSSR count). The van der Waals surface area contributed by atoms with Gasteiger partial charge in [0, 0.05) is 17.5 Å². The normalized spacial score (nSPS) is 14.5. The van der Waals surface area contributed by atoms with Crippen LogP contribution in [0.25, 0.3) is 11.3 Å². The molecule has 9 heteroatoms. The number of para-hydroxylation sites is 1. The fourth-order valence-corrected chi connectivity index (χ4v) is 4.40. The lowest BCUT2D eigenvalue weighted by molar-refractivity contribution is -0.122. The zero-order valence-corrected chi connectivity index (χ0v) is 19.6. The van der Waals surface area contributed by atoms with Crippen LogP contribution in [0.4, 0.5) is 14.9 Å². The fraction of sp³-hybridized carbons (Fsp3) is 0.292. The Morgan fingerprint density at radius 2 is 1.88 bits per heavy atom. The standard InChI is InChI=1S/C24H25N3O5S/c1-14(31-17-12-8-11-16-13-24(2,3)32-19(16)17)20(28)26-21-18(15-9-6-5-7-10-15)25-22(33-21)27-23(29)30-4/h5-12,14H,13H2,1-4H3,(H,26,28)(H,25,27,29). The summed E-state index contributed by atoms with van der Waals surface area (Å²) in [4.78, 5) is 29.1. The number of carbonyl (C=O) groups excluding carboxylic acids is 2. The first kappa shape index (κ1) is 22.6. The molecular formula is C24H25N3O5S. The van der Waals surface area contributed by atoms with Crippen molar-refractivity contribution in [2.45, 2.75) is 38.9 Å². The average molecular weight is 468 g/mol. The third-order valence-corrected chi connectivity index (χ3v) is 5.92. The van der Waals surface area contributed by atoms with Crippen LogP contribution in [0.2, 0.25) is 0 Å². The van der Waals surface area contributed by atoms with Crippen LogP contribution in [0.3, 0.4) is 0 Å². The smallest absolute Gasteiger partial charge is 0.413 e. The van der Waals surface area contributed by atoms with Crippen LogP contribution < -0.4 is 20.1 Å². The Kier molecular flexibility index (Phi) is 6.24. The van der Waals surface area contributed by atoms with E-state index in [-0.39, 0.29) is 11.5 Å². The maximum absolute atomic E-state index is 13.0. The molecular weight excluding hydrogens is 442 g/mol. The second-order valence-electron chi connectivity index (χ2n) is 8.21. The van der Waals surface area contributed by atoms with Crippen LogP contribution in [0.5, 0.6) is 11.5 Å². The zero-order valence-electron chi connectivity index (χ0n) is 18.8. The van der Waals surface area contributed by atoms with Crippen molar-refractivity contribution in [3.8, 4) is 22.8 Å². The van der Waals surface area contributed by atoms with E-state index in [9.17, 15) is 9.59 Å². The van der Waals surface area contributed by atoms with E-state index in [0.29, 0.717) is 27.3 Å². The molecule has 1 aliphatic heterocycles. The minimum Gasteiger partial charge on any atom is -0.483 e. The van der Waals surface area contributed by atoms with Gasteiger partial charge >= 0.3 is 6.09 Å². The van der Waals surface area contributed by atoms with E-state index in [0.717, 1.165) is 28.9 Å². The van der Waals surface area contributed by atoms with Gasteiger partial charge in [-0.1, -0.05) is 53.8 Å². The van der Waals surface area contributed by atoms with Crippen molar-refractivity contribution in [2.75, 3.05) is 17.7 Å². The van der Waals surface area contributed by atoms with Gasteiger partial charge in [0.15, 0.2) is 22.7 Å². The summed E-state index contributed by atoms with van der Waals surface area (Å²) in [6, 6.07) is 15.1. The van der Waals surface area contributed by atoms with Crippen molar-refractivity contribution >= 4 is 33.5 Å². The van der Waals surface area contributed by atoms with Gasteiger partial charge in [0.1, 0.15) is 16.3 Å². The highest BCUT2D eigenvalue weighted by atomic mass is 32.1. The maximum atomic E-state index is 13.0. The van der Waals surface area contributed by atoms with E-state index in [1.165, 1.54) is 7.11 Å². The first-order valence-electron chi connectivity index (χ1n) is 10.5. The van der Waals surface area contributed by atoms with Crippen molar-refractivity contribution in [3.05, 3.63) is 54.1 Å². The van der Waals surface area contributed by atoms with Crippen LogP contribution >= 0.6 is 11.3 Å². The molecule has 3 aromatic rings. The lowest BCUT2D eigenvalue weighted by Gasteiger charge is -2.20. The minimum absolute atomic E-state index is 0.307. The molecule has 2 amide bonds. The Morgan fingerprint density at radius 1 is 1.12 bits per heavy atom. The molecule has 1 aliphatic rings. The monoisotopic (exact) mass is 467 g/mol. The first-order chi connectivity index (χ1) is 15.8. The lowest BCUT2D eigenvalue weighted by Crippen LogP contribution is -2.30. The van der Waals surface area contributed by atoms with E-state index in [1.54, 1.807) is 13.0 Å². The van der Waals surface area contributed by atoms with Crippen molar-refractivity contribution in [3.63, 3.8) is 0 Å². The molecule has 0 aliphatic carbocycles. The largest absolute Gasteiger partial charge is 0.483 e. The van der Waals surface area contributed by atoms with Crippen molar-refractivity contribution in [2.24, 2.45) is 0 Å². The fourth-order valence-electron chi connectivity index (χ4n) is 3.53. The molecule has 0 spiro atoms. The highest BCUT2D eigenvalue weighted by Crippen LogP contribution is 2.42. The van der Waals surface area contributed by atoms with Gasteiger partial charge in [-0.3, -0.25) is 10.1 Å².